The van der Waals surface area contributed by atoms with Crippen LogP contribution in [-0.4, -0.2) is 31.7 Å². The number of amides is 2. The van der Waals surface area contributed by atoms with E-state index in [4.69, 9.17) is 0 Å². The maximum absolute atomic E-state index is 12.4. The van der Waals surface area contributed by atoms with Crippen LogP contribution in [0.3, 0.4) is 0 Å². The molecule has 7 nitrogen and oxygen atoms in total. The highest BCUT2D eigenvalue weighted by Crippen LogP contribution is 2.16. The van der Waals surface area contributed by atoms with E-state index in [1.807, 2.05) is 29.2 Å². The molecular formula is C20H23N3O4S. The van der Waals surface area contributed by atoms with Crippen molar-refractivity contribution < 1.29 is 18.0 Å². The van der Waals surface area contributed by atoms with Gasteiger partial charge in [-0.25, -0.2) is 13.1 Å². The summed E-state index contributed by atoms with van der Waals surface area (Å²) in [5.74, 6) is -0.0346. The molecule has 2 aromatic carbocycles. The number of hydrogen-bond donors (Lipinski definition) is 2. The van der Waals surface area contributed by atoms with Gasteiger partial charge in [0.05, 0.1) is 4.90 Å². The molecule has 1 aliphatic rings. The lowest BCUT2D eigenvalue weighted by atomic mass is 10.1. The van der Waals surface area contributed by atoms with Crippen molar-refractivity contribution in [2.24, 2.45) is 0 Å². The number of likely N-dealkylation sites (tertiary alicyclic amines) is 1. The van der Waals surface area contributed by atoms with E-state index in [0.717, 1.165) is 24.1 Å². The second kappa shape index (κ2) is 8.53. The fourth-order valence-electron chi connectivity index (χ4n) is 3.04. The molecule has 8 heteroatoms. The molecule has 0 aromatic heterocycles. The SMILES string of the molecule is CC(=O)Nc1ccc(S(=O)(=O)NCc2ccc(CN3CCCC3=O)cc2)cc1. The lowest BCUT2D eigenvalue weighted by molar-refractivity contribution is -0.128. The molecule has 0 unspecified atom stereocenters. The highest BCUT2D eigenvalue weighted by Gasteiger charge is 2.20. The Morgan fingerprint density at radius 1 is 1.04 bits per heavy atom. The molecule has 2 aromatic rings. The third kappa shape index (κ3) is 5.17. The van der Waals surface area contributed by atoms with Crippen LogP contribution in [0.4, 0.5) is 5.69 Å². The zero-order chi connectivity index (χ0) is 20.1. The van der Waals surface area contributed by atoms with Crippen molar-refractivity contribution in [3.8, 4) is 0 Å². The van der Waals surface area contributed by atoms with Crippen molar-refractivity contribution in [2.45, 2.75) is 37.8 Å². The first kappa shape index (κ1) is 20.0. The number of sulfonamides is 1. The Bertz CT molecular complexity index is 954. The van der Waals surface area contributed by atoms with Crippen molar-refractivity contribution in [3.05, 3.63) is 59.7 Å². The third-order valence-corrected chi connectivity index (χ3v) is 5.94. The third-order valence-electron chi connectivity index (χ3n) is 4.52. The summed E-state index contributed by atoms with van der Waals surface area (Å²) >= 11 is 0. The van der Waals surface area contributed by atoms with Crippen molar-refractivity contribution in [3.63, 3.8) is 0 Å². The van der Waals surface area contributed by atoms with Crippen LogP contribution < -0.4 is 10.0 Å². The molecule has 2 amide bonds. The number of carbonyl (C=O) groups excluding carboxylic acids is 2. The molecule has 1 fully saturated rings. The first-order chi connectivity index (χ1) is 13.3. The molecule has 2 N–H and O–H groups in total. The summed E-state index contributed by atoms with van der Waals surface area (Å²) in [7, 11) is -3.66. The van der Waals surface area contributed by atoms with Crippen molar-refractivity contribution in [1.82, 2.24) is 9.62 Å². The fourth-order valence-corrected chi connectivity index (χ4v) is 4.05. The Hall–Kier alpha value is -2.71. The average Bonchev–Trinajstić information content (AvgIpc) is 3.06. The molecule has 28 heavy (non-hydrogen) atoms. The van der Waals surface area contributed by atoms with E-state index in [1.54, 1.807) is 12.1 Å². The van der Waals surface area contributed by atoms with Crippen molar-refractivity contribution >= 4 is 27.5 Å². The predicted octanol–water partition coefficient (Wildman–Crippen LogP) is 2.25. The van der Waals surface area contributed by atoms with Gasteiger partial charge in [0, 0.05) is 38.7 Å². The monoisotopic (exact) mass is 401 g/mol. The zero-order valence-corrected chi connectivity index (χ0v) is 16.5. The molecule has 3 rings (SSSR count). The summed E-state index contributed by atoms with van der Waals surface area (Å²) in [6, 6.07) is 13.5. The van der Waals surface area contributed by atoms with E-state index in [-0.39, 0.29) is 23.3 Å². The molecule has 0 atom stereocenters. The van der Waals surface area contributed by atoms with E-state index in [2.05, 4.69) is 10.0 Å². The van der Waals surface area contributed by atoms with Crippen LogP contribution in [0.1, 0.15) is 30.9 Å². The van der Waals surface area contributed by atoms with Crippen molar-refractivity contribution in [1.29, 1.82) is 0 Å². The number of anilines is 1. The van der Waals surface area contributed by atoms with Crippen LogP contribution in [0.25, 0.3) is 0 Å². The molecule has 148 valence electrons. The highest BCUT2D eigenvalue weighted by molar-refractivity contribution is 7.89. The minimum absolute atomic E-state index is 0.130. The lowest BCUT2D eigenvalue weighted by Gasteiger charge is -2.15. The summed E-state index contributed by atoms with van der Waals surface area (Å²) in [4.78, 5) is 24.7. The molecule has 0 spiro atoms. The molecule has 0 saturated carbocycles. The standard InChI is InChI=1S/C20H23N3O4S/c1-15(24)22-18-8-10-19(11-9-18)28(26,27)21-13-16-4-6-17(7-5-16)14-23-12-2-3-20(23)25/h4-11,21H,2-3,12-14H2,1H3,(H,22,24). The van der Waals surface area contributed by atoms with E-state index < -0.39 is 10.0 Å². The molecule has 0 bridgehead atoms. The van der Waals surface area contributed by atoms with Gasteiger partial charge in [0.1, 0.15) is 0 Å². The van der Waals surface area contributed by atoms with Gasteiger partial charge in [-0.05, 0) is 41.8 Å². The maximum atomic E-state index is 12.4. The molecular weight excluding hydrogens is 378 g/mol. The van der Waals surface area contributed by atoms with Gasteiger partial charge >= 0.3 is 0 Å². The minimum atomic E-state index is -3.66. The average molecular weight is 401 g/mol. The van der Waals surface area contributed by atoms with Crippen LogP contribution in [0, 0.1) is 0 Å². The summed E-state index contributed by atoms with van der Waals surface area (Å²) < 4.78 is 27.4. The number of nitrogens with zero attached hydrogens (tertiary/aromatic N) is 1. The van der Waals surface area contributed by atoms with Gasteiger partial charge in [-0.1, -0.05) is 24.3 Å². The Morgan fingerprint density at radius 3 is 2.25 bits per heavy atom. The van der Waals surface area contributed by atoms with Crippen LogP contribution in [-0.2, 0) is 32.7 Å². The van der Waals surface area contributed by atoms with Gasteiger partial charge in [-0.15, -0.1) is 0 Å². The molecule has 0 radical (unpaired) electrons. The normalized spacial score (nSPS) is 14.3. The van der Waals surface area contributed by atoms with Gasteiger partial charge in [-0.2, -0.15) is 0 Å². The second-order valence-corrected chi connectivity index (χ2v) is 8.53. The van der Waals surface area contributed by atoms with Gasteiger partial charge < -0.3 is 10.2 Å². The van der Waals surface area contributed by atoms with Gasteiger partial charge in [0.25, 0.3) is 0 Å². The minimum Gasteiger partial charge on any atom is -0.338 e. The van der Waals surface area contributed by atoms with E-state index in [1.165, 1.54) is 19.1 Å². The van der Waals surface area contributed by atoms with Crippen molar-refractivity contribution in [2.75, 3.05) is 11.9 Å². The quantitative estimate of drug-likeness (QED) is 0.744. The van der Waals surface area contributed by atoms with Crippen LogP contribution >= 0.6 is 0 Å². The summed E-state index contributed by atoms with van der Waals surface area (Å²) in [6.45, 7) is 2.94. The summed E-state index contributed by atoms with van der Waals surface area (Å²) in [5, 5.41) is 2.60. The first-order valence-corrected chi connectivity index (χ1v) is 10.5. The number of nitrogens with one attached hydrogen (secondary N) is 2. The Morgan fingerprint density at radius 2 is 1.68 bits per heavy atom. The Balaban J connectivity index is 1.58. The zero-order valence-electron chi connectivity index (χ0n) is 15.6. The molecule has 1 heterocycles. The number of benzene rings is 2. The summed E-state index contributed by atoms with van der Waals surface area (Å²) in [6.07, 6.45) is 1.52. The van der Waals surface area contributed by atoms with Crippen LogP contribution in [0.15, 0.2) is 53.4 Å². The second-order valence-electron chi connectivity index (χ2n) is 6.77. The van der Waals surface area contributed by atoms with E-state index in [0.29, 0.717) is 18.7 Å². The fraction of sp³-hybridized carbons (Fsp3) is 0.300. The van der Waals surface area contributed by atoms with Gasteiger partial charge in [0.2, 0.25) is 21.8 Å². The molecule has 1 aliphatic heterocycles. The Labute approximate surface area is 164 Å². The first-order valence-electron chi connectivity index (χ1n) is 9.06. The lowest BCUT2D eigenvalue weighted by Crippen LogP contribution is -2.24. The van der Waals surface area contributed by atoms with Gasteiger partial charge in [0.15, 0.2) is 0 Å². The Kier molecular flexibility index (Phi) is 6.11. The maximum Gasteiger partial charge on any atom is 0.240 e. The molecule has 1 saturated heterocycles. The predicted molar refractivity (Wildman–Crippen MR) is 106 cm³/mol. The number of hydrogen-bond acceptors (Lipinski definition) is 4. The smallest absolute Gasteiger partial charge is 0.240 e. The molecule has 0 aliphatic carbocycles. The van der Waals surface area contributed by atoms with E-state index in [9.17, 15) is 18.0 Å². The number of rotatable bonds is 7. The topological polar surface area (TPSA) is 95.6 Å². The highest BCUT2D eigenvalue weighted by atomic mass is 32.2. The number of carbonyl (C=O) groups is 2. The largest absolute Gasteiger partial charge is 0.338 e. The van der Waals surface area contributed by atoms with Gasteiger partial charge in [-0.3, -0.25) is 9.59 Å². The van der Waals surface area contributed by atoms with Crippen LogP contribution in [0.5, 0.6) is 0 Å². The van der Waals surface area contributed by atoms with E-state index >= 15 is 0 Å². The van der Waals surface area contributed by atoms with Crippen LogP contribution in [0.2, 0.25) is 0 Å². The summed E-state index contributed by atoms with van der Waals surface area (Å²) in [5.41, 5.74) is 2.39.